The molecule has 0 saturated carbocycles. The van der Waals surface area contributed by atoms with Gasteiger partial charge in [-0.15, -0.1) is 0 Å². The van der Waals surface area contributed by atoms with Crippen molar-refractivity contribution in [1.29, 1.82) is 0 Å². The standard InChI is InChI=1S/C8H7ClS2/c1-6-4-2-3-5-7(6)11-8(9)10/h2-5H,1H3. The van der Waals surface area contributed by atoms with Gasteiger partial charge in [0.25, 0.3) is 0 Å². The van der Waals surface area contributed by atoms with Crippen LogP contribution in [0.1, 0.15) is 5.56 Å². The summed E-state index contributed by atoms with van der Waals surface area (Å²) in [4.78, 5) is 1.13. The maximum absolute atomic E-state index is 5.58. The summed E-state index contributed by atoms with van der Waals surface area (Å²) in [6.07, 6.45) is 0. The molecule has 11 heavy (non-hydrogen) atoms. The van der Waals surface area contributed by atoms with E-state index in [0.717, 1.165) is 4.90 Å². The predicted octanol–water partition coefficient (Wildman–Crippen LogP) is 3.61. The highest BCUT2D eigenvalue weighted by atomic mass is 35.5. The first-order valence-electron chi connectivity index (χ1n) is 3.13. The van der Waals surface area contributed by atoms with Crippen molar-refractivity contribution < 1.29 is 0 Å². The minimum atomic E-state index is 0.444. The third-order valence-corrected chi connectivity index (χ3v) is 2.60. The van der Waals surface area contributed by atoms with Crippen LogP contribution in [0.15, 0.2) is 29.2 Å². The lowest BCUT2D eigenvalue weighted by atomic mass is 10.2. The van der Waals surface area contributed by atoms with E-state index in [1.165, 1.54) is 17.3 Å². The second kappa shape index (κ2) is 4.10. The Morgan fingerprint density at radius 2 is 2.09 bits per heavy atom. The number of aryl methyl sites for hydroxylation is 1. The zero-order chi connectivity index (χ0) is 8.27. The highest BCUT2D eigenvalue weighted by Gasteiger charge is 1.98. The van der Waals surface area contributed by atoms with Gasteiger partial charge in [-0.1, -0.05) is 53.8 Å². The van der Waals surface area contributed by atoms with Gasteiger partial charge in [-0.05, 0) is 18.6 Å². The Bertz CT molecular complexity index is 271. The van der Waals surface area contributed by atoms with Crippen molar-refractivity contribution in [2.45, 2.75) is 11.8 Å². The van der Waals surface area contributed by atoms with Gasteiger partial charge < -0.3 is 0 Å². The van der Waals surface area contributed by atoms with Gasteiger partial charge in [0.05, 0.1) is 0 Å². The lowest BCUT2D eigenvalue weighted by Gasteiger charge is -2.00. The minimum absolute atomic E-state index is 0.444. The third kappa shape index (κ3) is 2.81. The molecule has 0 aliphatic heterocycles. The minimum Gasteiger partial charge on any atom is -0.0659 e. The Balaban J connectivity index is 2.86. The second-order valence-electron chi connectivity index (χ2n) is 2.11. The van der Waals surface area contributed by atoms with Crippen LogP contribution < -0.4 is 0 Å². The molecule has 0 N–H and O–H groups in total. The molecule has 0 aliphatic rings. The molecule has 58 valence electrons. The number of thiocarbonyl (C=S) groups is 1. The molecule has 3 heteroatoms. The Kier molecular flexibility index (Phi) is 3.37. The fourth-order valence-electron chi connectivity index (χ4n) is 0.757. The van der Waals surface area contributed by atoms with E-state index in [2.05, 4.69) is 0 Å². The largest absolute Gasteiger partial charge is 0.141 e. The molecule has 0 heterocycles. The zero-order valence-electron chi connectivity index (χ0n) is 6.00. The average Bonchev–Trinajstić information content (AvgIpc) is 1.93. The van der Waals surface area contributed by atoms with Gasteiger partial charge in [-0.25, -0.2) is 0 Å². The molecule has 0 spiro atoms. The number of hydrogen-bond donors (Lipinski definition) is 0. The zero-order valence-corrected chi connectivity index (χ0v) is 8.39. The van der Waals surface area contributed by atoms with E-state index in [0.29, 0.717) is 3.66 Å². The molecule has 0 atom stereocenters. The molecule has 0 radical (unpaired) electrons. The summed E-state index contributed by atoms with van der Waals surface area (Å²) in [5.41, 5.74) is 1.21. The van der Waals surface area contributed by atoms with Crippen LogP contribution in [0.5, 0.6) is 0 Å². The van der Waals surface area contributed by atoms with Crippen LogP contribution >= 0.6 is 35.6 Å². The van der Waals surface area contributed by atoms with Crippen molar-refractivity contribution in [1.82, 2.24) is 0 Å². The number of hydrogen-bond acceptors (Lipinski definition) is 2. The molecular weight excluding hydrogens is 196 g/mol. The van der Waals surface area contributed by atoms with Crippen molar-refractivity contribution in [2.24, 2.45) is 0 Å². The summed E-state index contributed by atoms with van der Waals surface area (Å²) in [6, 6.07) is 8.02. The van der Waals surface area contributed by atoms with Gasteiger partial charge >= 0.3 is 0 Å². The number of benzene rings is 1. The lowest BCUT2D eigenvalue weighted by molar-refractivity contribution is 1.31. The van der Waals surface area contributed by atoms with E-state index in [-0.39, 0.29) is 0 Å². The molecule has 0 saturated heterocycles. The van der Waals surface area contributed by atoms with E-state index in [9.17, 15) is 0 Å². The Labute approximate surface area is 80.9 Å². The normalized spacial score (nSPS) is 9.64. The van der Waals surface area contributed by atoms with Gasteiger partial charge in [0, 0.05) is 4.90 Å². The van der Waals surface area contributed by atoms with Crippen molar-refractivity contribution in [2.75, 3.05) is 0 Å². The van der Waals surface area contributed by atoms with Crippen LogP contribution in [0.2, 0.25) is 0 Å². The summed E-state index contributed by atoms with van der Waals surface area (Å²) >= 11 is 11.8. The highest BCUT2D eigenvalue weighted by Crippen LogP contribution is 2.24. The fourth-order valence-corrected chi connectivity index (χ4v) is 1.82. The number of halogens is 1. The molecule has 0 aromatic heterocycles. The highest BCUT2D eigenvalue weighted by molar-refractivity contribution is 8.26. The first-order chi connectivity index (χ1) is 5.20. The van der Waals surface area contributed by atoms with E-state index in [1.54, 1.807) is 0 Å². The molecular formula is C8H7ClS2. The maximum atomic E-state index is 5.58. The molecule has 0 bridgehead atoms. The SMILES string of the molecule is Cc1ccccc1SC(=S)Cl. The summed E-state index contributed by atoms with van der Waals surface area (Å²) < 4.78 is 0.444. The topological polar surface area (TPSA) is 0 Å². The Hall–Kier alpha value is -0.0500. The van der Waals surface area contributed by atoms with Gasteiger partial charge in [-0.2, -0.15) is 0 Å². The van der Waals surface area contributed by atoms with Crippen LogP contribution in [0, 0.1) is 6.92 Å². The fraction of sp³-hybridized carbons (Fsp3) is 0.125. The summed E-state index contributed by atoms with van der Waals surface area (Å²) in [5.74, 6) is 0. The Morgan fingerprint density at radius 1 is 1.45 bits per heavy atom. The van der Waals surface area contributed by atoms with Crippen molar-refractivity contribution >= 4 is 39.2 Å². The maximum Gasteiger partial charge on any atom is 0.141 e. The second-order valence-corrected chi connectivity index (χ2v) is 4.65. The summed E-state index contributed by atoms with van der Waals surface area (Å²) in [5, 5.41) is 0. The lowest BCUT2D eigenvalue weighted by Crippen LogP contribution is -1.79. The summed E-state index contributed by atoms with van der Waals surface area (Å²) in [7, 11) is 0. The molecule has 1 rings (SSSR count). The van der Waals surface area contributed by atoms with Crippen LogP contribution in [0.4, 0.5) is 0 Å². The Morgan fingerprint density at radius 3 is 2.64 bits per heavy atom. The monoisotopic (exact) mass is 202 g/mol. The van der Waals surface area contributed by atoms with Gasteiger partial charge in [0.1, 0.15) is 3.66 Å². The van der Waals surface area contributed by atoms with Gasteiger partial charge in [0.15, 0.2) is 0 Å². The molecule has 0 amide bonds. The van der Waals surface area contributed by atoms with E-state index in [4.69, 9.17) is 23.8 Å². The number of thioether (sulfide) groups is 1. The van der Waals surface area contributed by atoms with Crippen LogP contribution in [0.3, 0.4) is 0 Å². The number of rotatable bonds is 1. The van der Waals surface area contributed by atoms with E-state index < -0.39 is 0 Å². The van der Waals surface area contributed by atoms with Gasteiger partial charge in [0.2, 0.25) is 0 Å². The third-order valence-electron chi connectivity index (χ3n) is 1.28. The van der Waals surface area contributed by atoms with Gasteiger partial charge in [-0.3, -0.25) is 0 Å². The first kappa shape index (κ1) is 9.04. The van der Waals surface area contributed by atoms with Crippen LogP contribution in [-0.4, -0.2) is 3.66 Å². The quantitative estimate of drug-likeness (QED) is 0.388. The molecule has 0 aliphatic carbocycles. The average molecular weight is 203 g/mol. The molecule has 1 aromatic rings. The molecule has 1 aromatic carbocycles. The molecule has 0 unspecified atom stereocenters. The van der Waals surface area contributed by atoms with E-state index >= 15 is 0 Å². The van der Waals surface area contributed by atoms with Crippen molar-refractivity contribution in [3.8, 4) is 0 Å². The molecule has 0 nitrogen and oxygen atoms in total. The van der Waals surface area contributed by atoms with E-state index in [1.807, 2.05) is 31.2 Å². The summed E-state index contributed by atoms with van der Waals surface area (Å²) in [6.45, 7) is 2.04. The van der Waals surface area contributed by atoms with Crippen molar-refractivity contribution in [3.05, 3.63) is 29.8 Å². The predicted molar refractivity (Wildman–Crippen MR) is 55.5 cm³/mol. The smallest absolute Gasteiger partial charge is 0.0659 e. The van der Waals surface area contributed by atoms with Crippen molar-refractivity contribution in [3.63, 3.8) is 0 Å². The van der Waals surface area contributed by atoms with Crippen LogP contribution in [0.25, 0.3) is 0 Å². The molecule has 0 fully saturated rings. The van der Waals surface area contributed by atoms with Crippen LogP contribution in [-0.2, 0) is 0 Å². The first-order valence-corrected chi connectivity index (χ1v) is 4.73.